The summed E-state index contributed by atoms with van der Waals surface area (Å²) in [5.41, 5.74) is -0.325. The number of sulfonamides is 1. The molecule has 1 aliphatic rings. The van der Waals surface area contributed by atoms with Crippen LogP contribution in [0.5, 0.6) is 0 Å². The van der Waals surface area contributed by atoms with E-state index in [0.29, 0.717) is 0 Å². The highest BCUT2D eigenvalue weighted by Gasteiger charge is 2.61. The highest BCUT2D eigenvalue weighted by molar-refractivity contribution is 7.90. The zero-order valence-corrected chi connectivity index (χ0v) is 11.5. The Hall–Kier alpha value is -2.10. The highest BCUT2D eigenvalue weighted by Crippen LogP contribution is 2.48. The minimum Gasteiger partial charge on any atom is -0.273 e. The normalized spacial score (nSPS) is 19.9. The standard InChI is InChI=1S/C11H10F2N2O5S/c1-6-2-3-7(15(17)18)4-9(6)21(19,20)14-10(16)8-5-11(8,12)13/h2-4,8H,5H2,1H3,(H,14,16). The molecule has 0 aliphatic heterocycles. The topological polar surface area (TPSA) is 106 Å². The molecule has 0 radical (unpaired) electrons. The van der Waals surface area contributed by atoms with Crippen LogP contribution < -0.4 is 4.72 Å². The molecule has 10 heteroatoms. The molecule has 0 heterocycles. The van der Waals surface area contributed by atoms with Crippen molar-refractivity contribution in [3.8, 4) is 0 Å². The Balaban J connectivity index is 2.30. The monoisotopic (exact) mass is 320 g/mol. The van der Waals surface area contributed by atoms with Crippen LogP contribution in [-0.2, 0) is 14.8 Å². The van der Waals surface area contributed by atoms with Gasteiger partial charge in [0.2, 0.25) is 5.91 Å². The molecule has 0 saturated heterocycles. The van der Waals surface area contributed by atoms with Crippen LogP contribution in [0.1, 0.15) is 12.0 Å². The Labute approximate surface area is 118 Å². The number of halogens is 2. The van der Waals surface area contributed by atoms with Gasteiger partial charge >= 0.3 is 0 Å². The second kappa shape index (κ2) is 4.72. The molecule has 1 aromatic carbocycles. The number of non-ortho nitro benzene ring substituents is 1. The van der Waals surface area contributed by atoms with E-state index in [1.54, 1.807) is 0 Å². The quantitative estimate of drug-likeness (QED) is 0.666. The molecular formula is C11H10F2N2O5S. The number of amides is 1. The van der Waals surface area contributed by atoms with Crippen LogP contribution in [0.15, 0.2) is 23.1 Å². The molecule has 7 nitrogen and oxygen atoms in total. The molecule has 2 rings (SSSR count). The lowest BCUT2D eigenvalue weighted by Gasteiger charge is -2.09. The number of hydrogen-bond acceptors (Lipinski definition) is 5. The fourth-order valence-electron chi connectivity index (χ4n) is 1.75. The van der Waals surface area contributed by atoms with Gasteiger partial charge in [-0.1, -0.05) is 6.07 Å². The number of nitrogens with one attached hydrogen (secondary N) is 1. The van der Waals surface area contributed by atoms with Crippen LogP contribution in [0, 0.1) is 23.0 Å². The lowest BCUT2D eigenvalue weighted by molar-refractivity contribution is -0.385. The van der Waals surface area contributed by atoms with E-state index in [4.69, 9.17) is 0 Å². The number of benzene rings is 1. The van der Waals surface area contributed by atoms with E-state index in [1.165, 1.54) is 17.7 Å². The van der Waals surface area contributed by atoms with E-state index in [-0.39, 0.29) is 5.56 Å². The molecule has 1 amide bonds. The summed E-state index contributed by atoms with van der Waals surface area (Å²) in [6, 6.07) is 3.07. The number of carbonyl (C=O) groups excluding carboxylic acids is 1. The molecule has 1 N–H and O–H groups in total. The summed E-state index contributed by atoms with van der Waals surface area (Å²) in [7, 11) is -4.44. The van der Waals surface area contributed by atoms with Crippen molar-refractivity contribution in [1.29, 1.82) is 0 Å². The molecule has 0 aromatic heterocycles. The first-order valence-corrected chi connectivity index (χ1v) is 7.22. The second-order valence-corrected chi connectivity index (χ2v) is 6.35. The Morgan fingerprint density at radius 2 is 2.05 bits per heavy atom. The number of nitrogens with zero attached hydrogens (tertiary/aromatic N) is 1. The third-order valence-corrected chi connectivity index (χ3v) is 4.54. The zero-order chi connectivity index (χ0) is 16.0. The Kier molecular flexibility index (Phi) is 3.44. The highest BCUT2D eigenvalue weighted by atomic mass is 32.2. The lowest BCUT2D eigenvalue weighted by Crippen LogP contribution is -2.33. The number of hydrogen-bond donors (Lipinski definition) is 1. The largest absolute Gasteiger partial charge is 0.273 e. The molecule has 1 unspecified atom stereocenters. The second-order valence-electron chi connectivity index (χ2n) is 4.69. The number of nitro groups is 1. The van der Waals surface area contributed by atoms with Crippen LogP contribution in [0.4, 0.5) is 14.5 Å². The predicted octanol–water partition coefficient (Wildman–Crippen LogP) is 1.36. The van der Waals surface area contributed by atoms with Crippen LogP contribution in [0.25, 0.3) is 0 Å². The number of rotatable bonds is 4. The summed E-state index contributed by atoms with van der Waals surface area (Å²) < 4.78 is 50.9. The molecular weight excluding hydrogens is 310 g/mol. The summed E-state index contributed by atoms with van der Waals surface area (Å²) >= 11 is 0. The fraction of sp³-hybridized carbons (Fsp3) is 0.364. The van der Waals surface area contributed by atoms with E-state index in [0.717, 1.165) is 12.1 Å². The molecule has 1 fully saturated rings. The summed E-state index contributed by atoms with van der Waals surface area (Å²) in [6.45, 7) is 1.37. The van der Waals surface area contributed by atoms with Gasteiger partial charge in [0, 0.05) is 18.6 Å². The van der Waals surface area contributed by atoms with Gasteiger partial charge in [-0.3, -0.25) is 14.9 Å². The molecule has 21 heavy (non-hydrogen) atoms. The van der Waals surface area contributed by atoms with Crippen LogP contribution in [0.3, 0.4) is 0 Å². The summed E-state index contributed by atoms with van der Waals surface area (Å²) in [4.78, 5) is 20.8. The number of aryl methyl sites for hydroxylation is 1. The van der Waals surface area contributed by atoms with Gasteiger partial charge in [-0.15, -0.1) is 0 Å². The average molecular weight is 320 g/mol. The number of alkyl halides is 2. The average Bonchev–Trinajstić information content (AvgIpc) is 2.98. The first-order valence-electron chi connectivity index (χ1n) is 5.74. The molecule has 0 bridgehead atoms. The fourth-order valence-corrected chi connectivity index (χ4v) is 3.03. The van der Waals surface area contributed by atoms with Gasteiger partial charge in [0.15, 0.2) is 0 Å². The van der Waals surface area contributed by atoms with E-state index in [2.05, 4.69) is 0 Å². The van der Waals surface area contributed by atoms with Crippen LogP contribution >= 0.6 is 0 Å². The van der Waals surface area contributed by atoms with Gasteiger partial charge in [0.1, 0.15) is 5.92 Å². The Bertz CT molecular complexity index is 732. The molecule has 0 spiro atoms. The van der Waals surface area contributed by atoms with E-state index >= 15 is 0 Å². The van der Waals surface area contributed by atoms with Gasteiger partial charge in [-0.2, -0.15) is 0 Å². The van der Waals surface area contributed by atoms with Gasteiger partial charge in [0.05, 0.1) is 9.82 Å². The summed E-state index contributed by atoms with van der Waals surface area (Å²) in [5.74, 6) is -6.19. The minimum atomic E-state index is -4.44. The maximum absolute atomic E-state index is 12.7. The summed E-state index contributed by atoms with van der Waals surface area (Å²) in [5, 5.41) is 10.6. The van der Waals surface area contributed by atoms with Crippen molar-refractivity contribution in [1.82, 2.24) is 4.72 Å². The first-order chi connectivity index (χ1) is 9.54. The zero-order valence-electron chi connectivity index (χ0n) is 10.7. The molecule has 1 atom stereocenters. The predicted molar refractivity (Wildman–Crippen MR) is 66.2 cm³/mol. The van der Waals surface area contributed by atoms with E-state index in [1.807, 2.05) is 0 Å². The minimum absolute atomic E-state index is 0.156. The summed E-state index contributed by atoms with van der Waals surface area (Å²) in [6.07, 6.45) is -0.706. The first kappa shape index (κ1) is 15.3. The molecule has 1 aromatic rings. The van der Waals surface area contributed by atoms with Crippen molar-refractivity contribution in [3.05, 3.63) is 33.9 Å². The van der Waals surface area contributed by atoms with Crippen molar-refractivity contribution in [2.75, 3.05) is 0 Å². The molecule has 1 aliphatic carbocycles. The Morgan fingerprint density at radius 3 is 2.52 bits per heavy atom. The van der Waals surface area contributed by atoms with Gasteiger partial charge in [-0.25, -0.2) is 21.9 Å². The maximum atomic E-state index is 12.7. The van der Waals surface area contributed by atoms with E-state index in [9.17, 15) is 32.1 Å². The number of carbonyl (C=O) groups is 1. The SMILES string of the molecule is Cc1ccc([N+](=O)[O-])cc1S(=O)(=O)NC(=O)C1CC1(F)F. The van der Waals surface area contributed by atoms with Gasteiger partial charge in [-0.05, 0) is 12.5 Å². The molecule has 1 saturated carbocycles. The molecule has 114 valence electrons. The van der Waals surface area contributed by atoms with Crippen molar-refractivity contribution in [3.63, 3.8) is 0 Å². The smallest absolute Gasteiger partial charge is 0.270 e. The van der Waals surface area contributed by atoms with Crippen molar-refractivity contribution >= 4 is 21.6 Å². The van der Waals surface area contributed by atoms with Crippen molar-refractivity contribution in [2.45, 2.75) is 24.2 Å². The van der Waals surface area contributed by atoms with Crippen molar-refractivity contribution < 1.29 is 26.9 Å². The van der Waals surface area contributed by atoms with Crippen molar-refractivity contribution in [2.24, 2.45) is 5.92 Å². The lowest BCUT2D eigenvalue weighted by atomic mass is 10.2. The maximum Gasteiger partial charge on any atom is 0.270 e. The third kappa shape index (κ3) is 2.99. The third-order valence-electron chi connectivity index (χ3n) is 3.05. The van der Waals surface area contributed by atoms with E-state index < -0.39 is 49.7 Å². The van der Waals surface area contributed by atoms with Crippen LogP contribution in [-0.4, -0.2) is 25.2 Å². The van der Waals surface area contributed by atoms with Gasteiger partial charge < -0.3 is 0 Å². The number of nitro benzene ring substituents is 1. The Morgan fingerprint density at radius 1 is 1.48 bits per heavy atom. The van der Waals surface area contributed by atoms with Crippen LogP contribution in [0.2, 0.25) is 0 Å². The van der Waals surface area contributed by atoms with Gasteiger partial charge in [0.25, 0.3) is 21.6 Å².